The fourth-order valence-electron chi connectivity index (χ4n) is 1.10. The van der Waals surface area contributed by atoms with Gasteiger partial charge in [0.05, 0.1) is 0 Å². The number of carbonyl (C=O) groups is 1. The quantitative estimate of drug-likeness (QED) is 0.867. The highest BCUT2D eigenvalue weighted by atomic mass is 79.9. The minimum atomic E-state index is -0.418. The Kier molecular flexibility index (Phi) is 1.92. The SMILES string of the molecule is NC(=O)c1nc(Br)sc1C1CC1. The minimum Gasteiger partial charge on any atom is -0.364 e. The normalized spacial score (nSPS) is 16.4. The Morgan fingerprint density at radius 1 is 1.67 bits per heavy atom. The summed E-state index contributed by atoms with van der Waals surface area (Å²) in [6.07, 6.45) is 2.32. The summed E-state index contributed by atoms with van der Waals surface area (Å²) in [5.74, 6) is 0.121. The number of hydrogen-bond donors (Lipinski definition) is 1. The number of halogens is 1. The molecule has 0 saturated heterocycles. The summed E-state index contributed by atoms with van der Waals surface area (Å²) < 4.78 is 0.748. The molecular weight excluding hydrogens is 240 g/mol. The molecule has 12 heavy (non-hydrogen) atoms. The lowest BCUT2D eigenvalue weighted by Gasteiger charge is -1.92. The predicted octanol–water partition coefficient (Wildman–Crippen LogP) is 1.88. The first-order valence-electron chi connectivity index (χ1n) is 3.64. The van der Waals surface area contributed by atoms with Gasteiger partial charge in [-0.2, -0.15) is 0 Å². The molecule has 0 atom stereocenters. The Morgan fingerprint density at radius 2 is 2.33 bits per heavy atom. The highest BCUT2D eigenvalue weighted by Crippen LogP contribution is 2.45. The second-order valence-electron chi connectivity index (χ2n) is 2.82. The maximum Gasteiger partial charge on any atom is 0.268 e. The number of hydrogen-bond acceptors (Lipinski definition) is 3. The van der Waals surface area contributed by atoms with Crippen molar-refractivity contribution in [3.63, 3.8) is 0 Å². The van der Waals surface area contributed by atoms with E-state index >= 15 is 0 Å². The highest BCUT2D eigenvalue weighted by molar-refractivity contribution is 9.11. The van der Waals surface area contributed by atoms with Crippen molar-refractivity contribution < 1.29 is 4.79 Å². The van der Waals surface area contributed by atoms with E-state index in [-0.39, 0.29) is 0 Å². The molecule has 2 N–H and O–H groups in total. The largest absolute Gasteiger partial charge is 0.364 e. The van der Waals surface area contributed by atoms with E-state index in [4.69, 9.17) is 5.73 Å². The Labute approximate surface area is 82.1 Å². The average Bonchev–Trinajstić information content (AvgIpc) is 2.75. The molecule has 1 saturated carbocycles. The molecule has 1 amide bonds. The highest BCUT2D eigenvalue weighted by Gasteiger charge is 2.30. The first-order chi connectivity index (χ1) is 5.68. The van der Waals surface area contributed by atoms with E-state index in [1.807, 2.05) is 0 Å². The van der Waals surface area contributed by atoms with Crippen LogP contribution in [0.1, 0.15) is 34.1 Å². The topological polar surface area (TPSA) is 56.0 Å². The van der Waals surface area contributed by atoms with Crippen LogP contribution in [0.25, 0.3) is 0 Å². The van der Waals surface area contributed by atoms with E-state index in [1.54, 1.807) is 0 Å². The van der Waals surface area contributed by atoms with Gasteiger partial charge in [0, 0.05) is 4.88 Å². The molecule has 0 radical (unpaired) electrons. The number of carbonyl (C=O) groups excluding carboxylic acids is 1. The Bertz CT molecular complexity index is 332. The molecule has 0 aliphatic heterocycles. The average molecular weight is 247 g/mol. The summed E-state index contributed by atoms with van der Waals surface area (Å²) >= 11 is 4.76. The van der Waals surface area contributed by atoms with Crippen molar-refractivity contribution in [2.45, 2.75) is 18.8 Å². The van der Waals surface area contributed by atoms with Crippen molar-refractivity contribution in [2.24, 2.45) is 5.73 Å². The lowest BCUT2D eigenvalue weighted by Crippen LogP contribution is -2.13. The van der Waals surface area contributed by atoms with E-state index in [9.17, 15) is 4.79 Å². The molecule has 0 spiro atoms. The molecular formula is C7H7BrN2OS. The van der Waals surface area contributed by atoms with Crippen molar-refractivity contribution in [3.05, 3.63) is 14.5 Å². The molecule has 2 rings (SSSR count). The summed E-state index contributed by atoms with van der Waals surface area (Å²) in [6, 6.07) is 0. The van der Waals surface area contributed by atoms with Crippen LogP contribution in [0.15, 0.2) is 3.92 Å². The number of nitrogens with zero attached hydrogens (tertiary/aromatic N) is 1. The van der Waals surface area contributed by atoms with Crippen molar-refractivity contribution in [1.29, 1.82) is 0 Å². The molecule has 3 nitrogen and oxygen atoms in total. The van der Waals surface area contributed by atoms with Gasteiger partial charge in [0.15, 0.2) is 3.92 Å². The Balaban J connectivity index is 2.43. The van der Waals surface area contributed by atoms with E-state index < -0.39 is 5.91 Å². The second kappa shape index (κ2) is 2.81. The van der Waals surface area contributed by atoms with Gasteiger partial charge >= 0.3 is 0 Å². The molecule has 1 fully saturated rings. The van der Waals surface area contributed by atoms with E-state index in [1.165, 1.54) is 11.3 Å². The van der Waals surface area contributed by atoms with E-state index in [2.05, 4.69) is 20.9 Å². The van der Waals surface area contributed by atoms with E-state index in [0.717, 1.165) is 21.6 Å². The zero-order chi connectivity index (χ0) is 8.72. The number of aromatic nitrogens is 1. The third kappa shape index (κ3) is 1.38. The summed E-state index contributed by atoms with van der Waals surface area (Å²) in [4.78, 5) is 16.0. The molecule has 1 aromatic heterocycles. The van der Waals surface area contributed by atoms with Crippen LogP contribution in [0.5, 0.6) is 0 Å². The van der Waals surface area contributed by atoms with Crippen molar-refractivity contribution in [1.82, 2.24) is 4.98 Å². The molecule has 1 aliphatic rings. The summed E-state index contributed by atoms with van der Waals surface area (Å²) in [5.41, 5.74) is 5.63. The maximum atomic E-state index is 10.9. The second-order valence-corrected chi connectivity index (χ2v) is 5.12. The summed E-state index contributed by atoms with van der Waals surface area (Å²) in [7, 11) is 0. The van der Waals surface area contributed by atoms with Crippen LogP contribution in [0.2, 0.25) is 0 Å². The van der Waals surface area contributed by atoms with Crippen LogP contribution >= 0.6 is 27.3 Å². The number of rotatable bonds is 2. The molecule has 5 heteroatoms. The third-order valence-corrected chi connectivity index (χ3v) is 3.48. The van der Waals surface area contributed by atoms with Gasteiger partial charge in [-0.15, -0.1) is 11.3 Å². The molecule has 1 aliphatic carbocycles. The molecule has 1 aromatic rings. The minimum absolute atomic E-state index is 0.418. The summed E-state index contributed by atoms with van der Waals surface area (Å²) in [5, 5.41) is 0. The third-order valence-electron chi connectivity index (χ3n) is 1.81. The van der Waals surface area contributed by atoms with Crippen LogP contribution in [-0.4, -0.2) is 10.9 Å². The fraction of sp³-hybridized carbons (Fsp3) is 0.429. The number of thiazole rings is 1. The smallest absolute Gasteiger partial charge is 0.268 e. The van der Waals surface area contributed by atoms with Crippen LogP contribution in [-0.2, 0) is 0 Å². The number of amides is 1. The lowest BCUT2D eigenvalue weighted by atomic mass is 10.2. The lowest BCUT2D eigenvalue weighted by molar-refractivity contribution is 0.0995. The van der Waals surface area contributed by atoms with Gasteiger partial charge in [0.25, 0.3) is 5.91 Å². The molecule has 64 valence electrons. The van der Waals surface area contributed by atoms with Gasteiger partial charge < -0.3 is 5.73 Å². The van der Waals surface area contributed by atoms with Crippen LogP contribution in [0, 0.1) is 0 Å². The van der Waals surface area contributed by atoms with Crippen molar-refractivity contribution in [2.75, 3.05) is 0 Å². The van der Waals surface area contributed by atoms with Gasteiger partial charge in [-0.25, -0.2) is 4.98 Å². The predicted molar refractivity (Wildman–Crippen MR) is 50.3 cm³/mol. The van der Waals surface area contributed by atoms with Crippen molar-refractivity contribution in [3.8, 4) is 0 Å². The van der Waals surface area contributed by atoms with Gasteiger partial charge in [-0.3, -0.25) is 4.79 Å². The van der Waals surface area contributed by atoms with Gasteiger partial charge in [0.2, 0.25) is 0 Å². The van der Waals surface area contributed by atoms with Gasteiger partial charge in [-0.1, -0.05) is 0 Å². The molecule has 0 aromatic carbocycles. The number of nitrogens with two attached hydrogens (primary N) is 1. The summed E-state index contributed by atoms with van der Waals surface area (Å²) in [6.45, 7) is 0. The maximum absolute atomic E-state index is 10.9. The number of primary amides is 1. The first kappa shape index (κ1) is 8.19. The Morgan fingerprint density at radius 3 is 2.83 bits per heavy atom. The zero-order valence-corrected chi connectivity index (χ0v) is 8.61. The fourth-order valence-corrected chi connectivity index (χ4v) is 2.77. The van der Waals surface area contributed by atoms with Gasteiger partial charge in [0.1, 0.15) is 5.69 Å². The van der Waals surface area contributed by atoms with Crippen LogP contribution in [0.3, 0.4) is 0 Å². The zero-order valence-electron chi connectivity index (χ0n) is 6.21. The van der Waals surface area contributed by atoms with Gasteiger partial charge in [-0.05, 0) is 34.7 Å². The molecule has 1 heterocycles. The first-order valence-corrected chi connectivity index (χ1v) is 5.25. The standard InChI is InChI=1S/C7H7BrN2OS/c8-7-10-4(6(9)11)5(12-7)3-1-2-3/h3H,1-2H2,(H2,9,11). The van der Waals surface area contributed by atoms with Crippen LogP contribution < -0.4 is 5.73 Å². The Hall–Kier alpha value is -0.420. The monoisotopic (exact) mass is 246 g/mol. The van der Waals surface area contributed by atoms with Crippen LogP contribution in [0.4, 0.5) is 0 Å². The van der Waals surface area contributed by atoms with Crippen molar-refractivity contribution >= 4 is 33.2 Å². The van der Waals surface area contributed by atoms with E-state index in [0.29, 0.717) is 11.6 Å². The molecule has 0 unspecified atom stereocenters. The molecule has 0 bridgehead atoms.